The van der Waals surface area contributed by atoms with Crippen LogP contribution in [0.4, 0.5) is 0 Å². The van der Waals surface area contributed by atoms with Crippen LogP contribution in [0.5, 0.6) is 5.75 Å². The quantitative estimate of drug-likeness (QED) is 0.523. The fraction of sp³-hybridized carbons (Fsp3) is 0.263. The summed E-state index contributed by atoms with van der Waals surface area (Å²) in [5, 5.41) is 2.71. The molecule has 0 aromatic heterocycles. The van der Waals surface area contributed by atoms with Crippen molar-refractivity contribution in [1.82, 2.24) is 5.32 Å². The highest BCUT2D eigenvalue weighted by Crippen LogP contribution is 2.22. The molecule has 1 unspecified atom stereocenters. The van der Waals surface area contributed by atoms with E-state index in [9.17, 15) is 9.59 Å². The molecule has 0 fully saturated rings. The molecule has 1 atom stereocenters. The van der Waals surface area contributed by atoms with E-state index < -0.39 is 17.9 Å². The van der Waals surface area contributed by atoms with E-state index >= 15 is 0 Å². The SMILES string of the molecule is COCCOc1ccccc1C(=O)NC(C(=O)OC)c1ccc(Br)cc1. The normalized spacial score (nSPS) is 11.5. The van der Waals surface area contributed by atoms with Crippen LogP contribution in [-0.2, 0) is 14.3 Å². The molecule has 0 aliphatic rings. The fourth-order valence-corrected chi connectivity index (χ4v) is 2.54. The molecule has 0 aliphatic heterocycles. The number of rotatable bonds is 8. The van der Waals surface area contributed by atoms with Crippen molar-refractivity contribution in [3.05, 3.63) is 64.1 Å². The molecule has 1 amide bonds. The molecule has 6 nitrogen and oxygen atoms in total. The topological polar surface area (TPSA) is 73.9 Å². The second-order valence-electron chi connectivity index (χ2n) is 5.32. The number of halogens is 1. The fourth-order valence-electron chi connectivity index (χ4n) is 2.28. The third kappa shape index (κ3) is 5.31. The van der Waals surface area contributed by atoms with Crippen LogP contribution in [0, 0.1) is 0 Å². The van der Waals surface area contributed by atoms with E-state index in [1.54, 1.807) is 55.6 Å². The number of amides is 1. The summed E-state index contributed by atoms with van der Waals surface area (Å²) in [5.41, 5.74) is 0.945. The summed E-state index contributed by atoms with van der Waals surface area (Å²) in [6.45, 7) is 0.716. The maximum absolute atomic E-state index is 12.7. The zero-order valence-electron chi connectivity index (χ0n) is 14.5. The van der Waals surface area contributed by atoms with Crippen molar-refractivity contribution in [2.45, 2.75) is 6.04 Å². The number of hydrogen-bond acceptors (Lipinski definition) is 5. The number of methoxy groups -OCH3 is 2. The Bertz CT molecular complexity index is 748. The van der Waals surface area contributed by atoms with Crippen LogP contribution >= 0.6 is 15.9 Å². The van der Waals surface area contributed by atoms with Crippen molar-refractivity contribution in [1.29, 1.82) is 0 Å². The first kappa shape index (κ1) is 19.9. The Morgan fingerprint density at radius 1 is 1.04 bits per heavy atom. The number of esters is 1. The van der Waals surface area contributed by atoms with Gasteiger partial charge in [0.1, 0.15) is 12.4 Å². The van der Waals surface area contributed by atoms with E-state index in [1.165, 1.54) is 7.11 Å². The maximum atomic E-state index is 12.7. The Morgan fingerprint density at radius 2 is 1.73 bits per heavy atom. The van der Waals surface area contributed by atoms with Gasteiger partial charge in [0.15, 0.2) is 6.04 Å². The Labute approximate surface area is 160 Å². The zero-order valence-corrected chi connectivity index (χ0v) is 16.1. The molecule has 0 saturated heterocycles. The monoisotopic (exact) mass is 421 g/mol. The average Bonchev–Trinajstić information content (AvgIpc) is 2.67. The molecule has 2 aromatic carbocycles. The summed E-state index contributed by atoms with van der Waals surface area (Å²) < 4.78 is 16.2. The molecule has 7 heteroatoms. The lowest BCUT2D eigenvalue weighted by Crippen LogP contribution is -2.34. The highest BCUT2D eigenvalue weighted by atomic mass is 79.9. The molecule has 138 valence electrons. The lowest BCUT2D eigenvalue weighted by molar-refractivity contribution is -0.143. The molecule has 0 heterocycles. The molecule has 2 rings (SSSR count). The van der Waals surface area contributed by atoms with Gasteiger partial charge in [-0.05, 0) is 29.8 Å². The smallest absolute Gasteiger partial charge is 0.333 e. The number of carbonyl (C=O) groups is 2. The number of benzene rings is 2. The Kier molecular flexibility index (Phi) is 7.62. The predicted molar refractivity (Wildman–Crippen MR) is 100 cm³/mol. The summed E-state index contributed by atoms with van der Waals surface area (Å²) in [5.74, 6) is -0.573. The van der Waals surface area contributed by atoms with Gasteiger partial charge in [-0.3, -0.25) is 4.79 Å². The van der Waals surface area contributed by atoms with Crippen LogP contribution in [0.1, 0.15) is 22.0 Å². The first-order valence-corrected chi connectivity index (χ1v) is 8.71. The van der Waals surface area contributed by atoms with Crippen LogP contribution in [0.15, 0.2) is 53.0 Å². The minimum absolute atomic E-state index is 0.313. The van der Waals surface area contributed by atoms with Crippen LogP contribution in [0.3, 0.4) is 0 Å². The summed E-state index contributed by atoms with van der Waals surface area (Å²) in [6, 6.07) is 13.0. The van der Waals surface area contributed by atoms with E-state index in [4.69, 9.17) is 14.2 Å². The maximum Gasteiger partial charge on any atom is 0.333 e. The van der Waals surface area contributed by atoms with Crippen LogP contribution in [0.25, 0.3) is 0 Å². The Balaban J connectivity index is 2.22. The van der Waals surface area contributed by atoms with E-state index in [0.717, 1.165) is 4.47 Å². The molecule has 0 spiro atoms. The van der Waals surface area contributed by atoms with Gasteiger partial charge in [0.2, 0.25) is 0 Å². The summed E-state index contributed by atoms with van der Waals surface area (Å²) in [7, 11) is 2.85. The van der Waals surface area contributed by atoms with Gasteiger partial charge in [0.25, 0.3) is 5.91 Å². The van der Waals surface area contributed by atoms with Crippen LogP contribution < -0.4 is 10.1 Å². The highest BCUT2D eigenvalue weighted by molar-refractivity contribution is 9.10. The van der Waals surface area contributed by atoms with Crippen molar-refractivity contribution < 1.29 is 23.8 Å². The van der Waals surface area contributed by atoms with Crippen molar-refractivity contribution in [2.75, 3.05) is 27.4 Å². The molecular weight excluding hydrogens is 402 g/mol. The molecule has 0 saturated carbocycles. The van der Waals surface area contributed by atoms with Crippen molar-refractivity contribution in [2.24, 2.45) is 0 Å². The Morgan fingerprint density at radius 3 is 2.38 bits per heavy atom. The minimum Gasteiger partial charge on any atom is -0.490 e. The van der Waals surface area contributed by atoms with E-state index in [0.29, 0.717) is 30.1 Å². The third-order valence-electron chi connectivity index (χ3n) is 3.59. The minimum atomic E-state index is -0.923. The van der Waals surface area contributed by atoms with Gasteiger partial charge in [0, 0.05) is 11.6 Å². The molecule has 2 aromatic rings. The number of ether oxygens (including phenoxy) is 3. The van der Waals surface area contributed by atoms with Crippen LogP contribution in [-0.4, -0.2) is 39.3 Å². The third-order valence-corrected chi connectivity index (χ3v) is 4.12. The second kappa shape index (κ2) is 9.94. The van der Waals surface area contributed by atoms with Gasteiger partial charge in [-0.1, -0.05) is 40.2 Å². The van der Waals surface area contributed by atoms with Gasteiger partial charge in [-0.25, -0.2) is 4.79 Å². The highest BCUT2D eigenvalue weighted by Gasteiger charge is 2.25. The largest absolute Gasteiger partial charge is 0.490 e. The summed E-state index contributed by atoms with van der Waals surface area (Å²) >= 11 is 3.35. The molecular formula is C19H20BrNO5. The number of para-hydroxylation sites is 1. The van der Waals surface area contributed by atoms with Gasteiger partial charge in [-0.2, -0.15) is 0 Å². The van der Waals surface area contributed by atoms with E-state index in [2.05, 4.69) is 21.2 Å². The standard InChI is InChI=1S/C19H20BrNO5/c1-24-11-12-26-16-6-4-3-5-15(16)18(22)21-17(19(23)25-2)13-7-9-14(20)10-8-13/h3-10,17H,11-12H2,1-2H3,(H,21,22). The van der Waals surface area contributed by atoms with Crippen molar-refractivity contribution >= 4 is 27.8 Å². The Hall–Kier alpha value is -2.38. The van der Waals surface area contributed by atoms with Gasteiger partial charge < -0.3 is 19.5 Å². The molecule has 0 aliphatic carbocycles. The lowest BCUT2D eigenvalue weighted by atomic mass is 10.1. The summed E-state index contributed by atoms with van der Waals surface area (Å²) in [6.07, 6.45) is 0. The summed E-state index contributed by atoms with van der Waals surface area (Å²) in [4.78, 5) is 24.9. The zero-order chi connectivity index (χ0) is 18.9. The molecule has 0 radical (unpaired) electrons. The van der Waals surface area contributed by atoms with Gasteiger partial charge in [0.05, 0.1) is 19.3 Å². The second-order valence-corrected chi connectivity index (χ2v) is 6.23. The van der Waals surface area contributed by atoms with Crippen molar-refractivity contribution in [3.63, 3.8) is 0 Å². The number of nitrogens with one attached hydrogen (secondary N) is 1. The molecule has 0 bridgehead atoms. The van der Waals surface area contributed by atoms with Gasteiger partial charge in [-0.15, -0.1) is 0 Å². The number of hydrogen-bond donors (Lipinski definition) is 1. The van der Waals surface area contributed by atoms with E-state index in [-0.39, 0.29) is 0 Å². The van der Waals surface area contributed by atoms with Gasteiger partial charge >= 0.3 is 5.97 Å². The molecule has 26 heavy (non-hydrogen) atoms. The molecule has 1 N–H and O–H groups in total. The van der Waals surface area contributed by atoms with E-state index in [1.807, 2.05) is 0 Å². The number of carbonyl (C=O) groups excluding carboxylic acids is 2. The first-order chi connectivity index (χ1) is 12.6. The van der Waals surface area contributed by atoms with Crippen molar-refractivity contribution in [3.8, 4) is 5.75 Å². The lowest BCUT2D eigenvalue weighted by Gasteiger charge is -2.18. The first-order valence-electron chi connectivity index (χ1n) is 7.91. The van der Waals surface area contributed by atoms with Crippen LogP contribution in [0.2, 0.25) is 0 Å². The average molecular weight is 422 g/mol. The predicted octanol–water partition coefficient (Wildman–Crippen LogP) is 3.12.